The van der Waals surface area contributed by atoms with Crippen molar-refractivity contribution in [3.63, 3.8) is 0 Å². The van der Waals surface area contributed by atoms with Crippen LogP contribution in [0.1, 0.15) is 17.3 Å². The first kappa shape index (κ1) is 14.5. The van der Waals surface area contributed by atoms with Crippen LogP contribution in [-0.4, -0.2) is 17.9 Å². The normalized spacial score (nSPS) is 16.3. The summed E-state index contributed by atoms with van der Waals surface area (Å²) in [5.41, 5.74) is 1.61. The van der Waals surface area contributed by atoms with Crippen LogP contribution in [0, 0.1) is 0 Å². The highest BCUT2D eigenvalue weighted by molar-refractivity contribution is 7.80. The monoisotopic (exact) mass is 314 g/mol. The molecule has 0 aliphatic carbocycles. The third-order valence-corrected chi connectivity index (χ3v) is 3.60. The summed E-state index contributed by atoms with van der Waals surface area (Å²) in [6.07, 6.45) is -0.535. The van der Waals surface area contributed by atoms with Crippen LogP contribution in [-0.2, 0) is 4.79 Å². The lowest BCUT2D eigenvalue weighted by atomic mass is 10.1. The number of carbonyl (C=O) groups excluding carboxylic acids is 2. The van der Waals surface area contributed by atoms with Crippen LogP contribution >= 0.6 is 12.6 Å². The average molecular weight is 314 g/mol. The largest absolute Gasteiger partial charge is 0.479 e. The van der Waals surface area contributed by atoms with E-state index in [1.54, 1.807) is 49.4 Å². The number of thiol groups is 1. The van der Waals surface area contributed by atoms with E-state index in [0.29, 0.717) is 22.7 Å². The molecule has 2 amide bonds. The van der Waals surface area contributed by atoms with Crippen molar-refractivity contribution >= 4 is 35.8 Å². The second-order valence-corrected chi connectivity index (χ2v) is 5.48. The van der Waals surface area contributed by atoms with Gasteiger partial charge in [-0.05, 0) is 49.4 Å². The fourth-order valence-electron chi connectivity index (χ4n) is 2.10. The van der Waals surface area contributed by atoms with Crippen molar-refractivity contribution < 1.29 is 14.3 Å². The van der Waals surface area contributed by atoms with Crippen molar-refractivity contribution in [2.75, 3.05) is 10.6 Å². The Hall–Kier alpha value is -2.47. The Bertz CT molecular complexity index is 744. The highest BCUT2D eigenvalue weighted by atomic mass is 32.1. The fraction of sp³-hybridized carbons (Fsp3) is 0.125. The van der Waals surface area contributed by atoms with Gasteiger partial charge in [0.25, 0.3) is 11.8 Å². The lowest BCUT2D eigenvalue weighted by Crippen LogP contribution is -2.34. The Balaban J connectivity index is 1.80. The van der Waals surface area contributed by atoms with Crippen LogP contribution in [0.5, 0.6) is 5.75 Å². The maximum Gasteiger partial charge on any atom is 0.265 e. The molecule has 1 atom stereocenters. The number of rotatable bonds is 2. The number of benzene rings is 2. The predicted molar refractivity (Wildman–Crippen MR) is 86.8 cm³/mol. The van der Waals surface area contributed by atoms with Crippen molar-refractivity contribution in [2.24, 2.45) is 0 Å². The Morgan fingerprint density at radius 3 is 2.68 bits per heavy atom. The topological polar surface area (TPSA) is 67.4 Å². The number of hydrogen-bond acceptors (Lipinski definition) is 4. The molecule has 0 fully saturated rings. The third kappa shape index (κ3) is 2.92. The van der Waals surface area contributed by atoms with Crippen LogP contribution in [0.15, 0.2) is 47.4 Å². The third-order valence-electron chi connectivity index (χ3n) is 3.30. The van der Waals surface area contributed by atoms with Gasteiger partial charge in [-0.15, -0.1) is 12.6 Å². The molecule has 0 saturated heterocycles. The molecule has 1 unspecified atom stereocenters. The summed E-state index contributed by atoms with van der Waals surface area (Å²) in [6, 6.07) is 12.1. The summed E-state index contributed by atoms with van der Waals surface area (Å²) in [7, 11) is 0. The zero-order valence-electron chi connectivity index (χ0n) is 11.8. The van der Waals surface area contributed by atoms with Gasteiger partial charge in [0.15, 0.2) is 6.10 Å². The molecule has 0 bridgehead atoms. The van der Waals surface area contributed by atoms with Crippen LogP contribution < -0.4 is 15.4 Å². The number of ether oxygens (including phenoxy) is 1. The highest BCUT2D eigenvalue weighted by Crippen LogP contribution is 2.30. The van der Waals surface area contributed by atoms with Gasteiger partial charge in [-0.25, -0.2) is 0 Å². The summed E-state index contributed by atoms with van der Waals surface area (Å²) in [5, 5.41) is 5.51. The molecule has 0 saturated carbocycles. The van der Waals surface area contributed by atoms with Gasteiger partial charge in [-0.2, -0.15) is 0 Å². The Morgan fingerprint density at radius 1 is 1.23 bits per heavy atom. The molecular weight excluding hydrogens is 300 g/mol. The number of nitrogens with one attached hydrogen (secondary N) is 2. The van der Waals surface area contributed by atoms with Crippen LogP contribution in [0.25, 0.3) is 0 Å². The maximum absolute atomic E-state index is 12.2. The van der Waals surface area contributed by atoms with Gasteiger partial charge in [-0.1, -0.05) is 0 Å². The van der Waals surface area contributed by atoms with Gasteiger partial charge < -0.3 is 15.4 Å². The molecule has 0 radical (unpaired) electrons. The van der Waals surface area contributed by atoms with E-state index in [1.807, 2.05) is 0 Å². The zero-order chi connectivity index (χ0) is 15.7. The summed E-state index contributed by atoms with van der Waals surface area (Å²) >= 11 is 4.20. The minimum absolute atomic E-state index is 0.227. The van der Waals surface area contributed by atoms with E-state index in [9.17, 15) is 9.59 Å². The van der Waals surface area contributed by atoms with Gasteiger partial charge in [0.2, 0.25) is 0 Å². The molecule has 2 aromatic carbocycles. The predicted octanol–water partition coefficient (Wildman–Crippen LogP) is 2.95. The van der Waals surface area contributed by atoms with Crippen molar-refractivity contribution in [2.45, 2.75) is 17.9 Å². The molecule has 0 spiro atoms. The zero-order valence-corrected chi connectivity index (χ0v) is 12.7. The Kier molecular flexibility index (Phi) is 3.77. The first-order valence-corrected chi connectivity index (χ1v) is 7.19. The van der Waals surface area contributed by atoms with Gasteiger partial charge in [-0.3, -0.25) is 9.59 Å². The SMILES string of the molecule is CC1Oc2ccc(C(=O)Nc3ccc(S)cc3)cc2NC1=O. The van der Waals surface area contributed by atoms with E-state index in [1.165, 1.54) is 0 Å². The van der Waals surface area contributed by atoms with E-state index in [4.69, 9.17) is 4.74 Å². The molecule has 1 aliphatic heterocycles. The van der Waals surface area contributed by atoms with E-state index in [2.05, 4.69) is 23.3 Å². The molecule has 5 nitrogen and oxygen atoms in total. The average Bonchev–Trinajstić information content (AvgIpc) is 2.50. The quantitative estimate of drug-likeness (QED) is 0.747. The Labute approximate surface area is 133 Å². The van der Waals surface area contributed by atoms with Crippen LogP contribution in [0.3, 0.4) is 0 Å². The lowest BCUT2D eigenvalue weighted by Gasteiger charge is -2.23. The molecule has 1 heterocycles. The molecule has 112 valence electrons. The summed E-state index contributed by atoms with van der Waals surface area (Å²) < 4.78 is 5.46. The number of fused-ring (bicyclic) bond motifs is 1. The van der Waals surface area contributed by atoms with Gasteiger partial charge >= 0.3 is 0 Å². The van der Waals surface area contributed by atoms with Crippen molar-refractivity contribution in [1.29, 1.82) is 0 Å². The van der Waals surface area contributed by atoms with E-state index in [-0.39, 0.29) is 11.8 Å². The van der Waals surface area contributed by atoms with Crippen molar-refractivity contribution in [3.8, 4) is 5.75 Å². The molecule has 0 aromatic heterocycles. The van der Waals surface area contributed by atoms with E-state index < -0.39 is 6.10 Å². The first-order chi connectivity index (χ1) is 10.5. The van der Waals surface area contributed by atoms with Crippen LogP contribution in [0.4, 0.5) is 11.4 Å². The van der Waals surface area contributed by atoms with Crippen LogP contribution in [0.2, 0.25) is 0 Å². The summed E-state index contributed by atoms with van der Waals surface area (Å²) in [5.74, 6) is 0.0695. The van der Waals surface area contributed by atoms with Crippen molar-refractivity contribution in [3.05, 3.63) is 48.0 Å². The van der Waals surface area contributed by atoms with Gasteiger partial charge in [0, 0.05) is 16.1 Å². The molecule has 6 heteroatoms. The second kappa shape index (κ2) is 5.73. The number of amides is 2. The molecule has 2 N–H and O–H groups in total. The van der Waals surface area contributed by atoms with Crippen molar-refractivity contribution in [1.82, 2.24) is 0 Å². The molecule has 3 rings (SSSR count). The molecular formula is C16H14N2O3S. The highest BCUT2D eigenvalue weighted by Gasteiger charge is 2.24. The number of hydrogen-bond donors (Lipinski definition) is 3. The molecule has 1 aliphatic rings. The summed E-state index contributed by atoms with van der Waals surface area (Å²) in [4.78, 5) is 24.7. The summed E-state index contributed by atoms with van der Waals surface area (Å²) in [6.45, 7) is 1.67. The van der Waals surface area contributed by atoms with Gasteiger partial charge in [0.1, 0.15) is 5.75 Å². The number of anilines is 2. The fourth-order valence-corrected chi connectivity index (χ4v) is 2.25. The first-order valence-electron chi connectivity index (χ1n) is 6.75. The molecule has 2 aromatic rings. The smallest absolute Gasteiger partial charge is 0.265 e. The molecule has 22 heavy (non-hydrogen) atoms. The minimum Gasteiger partial charge on any atom is -0.479 e. The van der Waals surface area contributed by atoms with E-state index in [0.717, 1.165) is 4.90 Å². The second-order valence-electron chi connectivity index (χ2n) is 4.96. The Morgan fingerprint density at radius 2 is 1.95 bits per heavy atom. The minimum atomic E-state index is -0.535. The van der Waals surface area contributed by atoms with E-state index >= 15 is 0 Å². The number of carbonyl (C=O) groups is 2. The maximum atomic E-state index is 12.2. The lowest BCUT2D eigenvalue weighted by molar-refractivity contribution is -0.122. The van der Waals surface area contributed by atoms with Gasteiger partial charge in [0.05, 0.1) is 5.69 Å². The standard InChI is InChI=1S/C16H14N2O3S/c1-9-15(19)18-13-8-10(2-7-14(13)21-9)16(20)17-11-3-5-12(22)6-4-11/h2-9,22H,1H3,(H,17,20)(H,18,19).